The molecule has 0 bridgehead atoms. The van der Waals surface area contributed by atoms with Gasteiger partial charge in [-0.25, -0.2) is 4.98 Å². The Morgan fingerprint density at radius 1 is 1.10 bits per heavy atom. The van der Waals surface area contributed by atoms with Crippen LogP contribution in [-0.4, -0.2) is 33.9 Å². The molecule has 0 unspecified atom stereocenters. The molecule has 30 heavy (non-hydrogen) atoms. The van der Waals surface area contributed by atoms with E-state index in [0.717, 1.165) is 24.2 Å². The third-order valence-corrected chi connectivity index (χ3v) is 4.62. The summed E-state index contributed by atoms with van der Waals surface area (Å²) in [5, 5.41) is 9.98. The molecule has 9 heteroatoms. The van der Waals surface area contributed by atoms with E-state index in [1.807, 2.05) is 12.1 Å². The Kier molecular flexibility index (Phi) is 5.54. The predicted molar refractivity (Wildman–Crippen MR) is 104 cm³/mol. The van der Waals surface area contributed by atoms with Crippen molar-refractivity contribution < 1.29 is 22.7 Å². The molecule has 1 aliphatic rings. The van der Waals surface area contributed by atoms with Gasteiger partial charge in [-0.05, 0) is 54.8 Å². The van der Waals surface area contributed by atoms with E-state index in [0.29, 0.717) is 28.6 Å². The lowest BCUT2D eigenvalue weighted by molar-refractivity contribution is -0.176. The van der Waals surface area contributed by atoms with Crippen LogP contribution in [0.25, 0.3) is 11.4 Å². The Balaban J connectivity index is 1.32. The van der Waals surface area contributed by atoms with Gasteiger partial charge >= 0.3 is 6.18 Å². The number of nitrogens with zero attached hydrogens (tertiary/aromatic N) is 2. The summed E-state index contributed by atoms with van der Waals surface area (Å²) in [6.07, 6.45) is -2.08. The molecule has 1 amide bonds. The molecule has 0 saturated heterocycles. The zero-order chi connectivity index (χ0) is 21.1. The Morgan fingerprint density at radius 2 is 1.80 bits per heavy atom. The summed E-state index contributed by atoms with van der Waals surface area (Å²) in [5.41, 5.74) is 2.40. The second-order valence-corrected chi connectivity index (χ2v) is 7.15. The first kappa shape index (κ1) is 20.1. The fraction of sp³-hybridized carbons (Fsp3) is 0.286. The number of hydrogen-bond acceptors (Lipinski definition) is 4. The van der Waals surface area contributed by atoms with Crippen molar-refractivity contribution in [3.63, 3.8) is 0 Å². The fourth-order valence-corrected chi connectivity index (χ4v) is 2.89. The molecule has 0 spiro atoms. The fourth-order valence-electron chi connectivity index (χ4n) is 2.89. The van der Waals surface area contributed by atoms with Gasteiger partial charge in [0.1, 0.15) is 12.4 Å². The molecule has 1 fully saturated rings. The van der Waals surface area contributed by atoms with E-state index in [2.05, 4.69) is 25.2 Å². The second kappa shape index (κ2) is 8.27. The Bertz CT molecular complexity index is 1010. The zero-order valence-corrected chi connectivity index (χ0v) is 15.9. The molecule has 1 aliphatic carbocycles. The molecule has 1 aromatic heterocycles. The van der Waals surface area contributed by atoms with Gasteiger partial charge in [0.15, 0.2) is 5.82 Å². The van der Waals surface area contributed by atoms with Crippen molar-refractivity contribution in [3.8, 4) is 11.4 Å². The minimum atomic E-state index is -4.36. The van der Waals surface area contributed by atoms with Gasteiger partial charge in [-0.3, -0.25) is 9.89 Å². The number of anilines is 1. The molecule has 1 saturated carbocycles. The summed E-state index contributed by atoms with van der Waals surface area (Å²) in [5.74, 6) is 1.71. The second-order valence-electron chi connectivity index (χ2n) is 7.15. The minimum Gasteiger partial charge on any atom is -0.367 e. The van der Waals surface area contributed by atoms with Gasteiger partial charge in [0.05, 0.1) is 6.61 Å². The predicted octanol–water partition coefficient (Wildman–Crippen LogP) is 4.68. The van der Waals surface area contributed by atoms with Crippen LogP contribution >= 0.6 is 0 Å². The lowest BCUT2D eigenvalue weighted by Gasteiger charge is -2.09. The number of nitrogens with one attached hydrogen (secondary N) is 2. The summed E-state index contributed by atoms with van der Waals surface area (Å²) in [6.45, 7) is -1.48. The van der Waals surface area contributed by atoms with Crippen molar-refractivity contribution in [2.24, 2.45) is 0 Å². The van der Waals surface area contributed by atoms with E-state index in [1.165, 1.54) is 0 Å². The third-order valence-electron chi connectivity index (χ3n) is 4.62. The minimum absolute atomic E-state index is 0.174. The SMILES string of the molecule is O=C(Nc1ccc(-c2n[nH]c(C3CC3)n2)cc1)c1ccc(COCC(F)(F)F)cc1. The highest BCUT2D eigenvalue weighted by Gasteiger charge is 2.28. The number of aromatic amines is 1. The molecule has 0 atom stereocenters. The van der Waals surface area contributed by atoms with Gasteiger partial charge in [-0.15, -0.1) is 0 Å². The number of alkyl halides is 3. The molecule has 2 N–H and O–H groups in total. The number of ether oxygens (including phenoxy) is 1. The number of rotatable bonds is 7. The van der Waals surface area contributed by atoms with Crippen molar-refractivity contribution in [3.05, 3.63) is 65.5 Å². The van der Waals surface area contributed by atoms with Gasteiger partial charge in [0, 0.05) is 22.7 Å². The topological polar surface area (TPSA) is 79.9 Å². The molecule has 0 aliphatic heterocycles. The first-order chi connectivity index (χ1) is 14.4. The lowest BCUT2D eigenvalue weighted by atomic mass is 10.1. The number of amides is 1. The van der Waals surface area contributed by atoms with Crippen molar-refractivity contribution in [2.45, 2.75) is 31.5 Å². The number of carbonyl (C=O) groups excluding carboxylic acids is 1. The third kappa shape index (κ3) is 5.24. The van der Waals surface area contributed by atoms with Crippen molar-refractivity contribution in [2.75, 3.05) is 11.9 Å². The molecule has 3 aromatic rings. The molecule has 0 radical (unpaired) electrons. The van der Waals surface area contributed by atoms with Gasteiger partial charge in [0.2, 0.25) is 0 Å². The van der Waals surface area contributed by atoms with Crippen molar-refractivity contribution in [1.82, 2.24) is 15.2 Å². The molecule has 1 heterocycles. The van der Waals surface area contributed by atoms with Gasteiger partial charge in [-0.1, -0.05) is 12.1 Å². The monoisotopic (exact) mass is 416 g/mol. The van der Waals surface area contributed by atoms with Crippen LogP contribution in [0.4, 0.5) is 18.9 Å². The number of carbonyl (C=O) groups is 1. The van der Waals surface area contributed by atoms with Gasteiger partial charge in [-0.2, -0.15) is 18.3 Å². The van der Waals surface area contributed by atoms with E-state index in [-0.39, 0.29) is 12.5 Å². The summed E-state index contributed by atoms with van der Waals surface area (Å²) in [4.78, 5) is 16.9. The molecule has 156 valence electrons. The maximum atomic E-state index is 12.4. The largest absolute Gasteiger partial charge is 0.411 e. The number of aromatic nitrogens is 3. The van der Waals surface area contributed by atoms with Crippen LogP contribution in [-0.2, 0) is 11.3 Å². The van der Waals surface area contributed by atoms with Crippen LogP contribution in [0.15, 0.2) is 48.5 Å². The smallest absolute Gasteiger partial charge is 0.367 e. The summed E-state index contributed by atoms with van der Waals surface area (Å²) in [6, 6.07) is 13.4. The maximum Gasteiger partial charge on any atom is 0.411 e. The maximum absolute atomic E-state index is 12.4. The van der Waals surface area contributed by atoms with Crippen LogP contribution in [0, 0.1) is 0 Å². The highest BCUT2D eigenvalue weighted by molar-refractivity contribution is 6.04. The number of benzene rings is 2. The van der Waals surface area contributed by atoms with E-state index in [1.54, 1.807) is 36.4 Å². The lowest BCUT2D eigenvalue weighted by Crippen LogP contribution is -2.16. The summed E-state index contributed by atoms with van der Waals surface area (Å²) in [7, 11) is 0. The average Bonchev–Trinajstić information content (AvgIpc) is 3.45. The highest BCUT2D eigenvalue weighted by Crippen LogP contribution is 2.38. The molecule has 2 aromatic carbocycles. The Morgan fingerprint density at radius 3 is 2.43 bits per heavy atom. The van der Waals surface area contributed by atoms with Gasteiger partial charge in [0.25, 0.3) is 5.91 Å². The van der Waals surface area contributed by atoms with E-state index >= 15 is 0 Å². The van der Waals surface area contributed by atoms with Crippen LogP contribution < -0.4 is 5.32 Å². The summed E-state index contributed by atoms with van der Waals surface area (Å²) >= 11 is 0. The zero-order valence-electron chi connectivity index (χ0n) is 15.9. The molecule has 4 rings (SSSR count). The normalized spacial score (nSPS) is 14.0. The van der Waals surface area contributed by atoms with Gasteiger partial charge < -0.3 is 10.1 Å². The van der Waals surface area contributed by atoms with E-state index < -0.39 is 12.8 Å². The van der Waals surface area contributed by atoms with E-state index in [4.69, 9.17) is 0 Å². The van der Waals surface area contributed by atoms with E-state index in [9.17, 15) is 18.0 Å². The van der Waals surface area contributed by atoms with Crippen molar-refractivity contribution in [1.29, 1.82) is 0 Å². The highest BCUT2D eigenvalue weighted by atomic mass is 19.4. The number of hydrogen-bond donors (Lipinski definition) is 2. The standard InChI is InChI=1S/C21H19F3N4O2/c22-21(23,24)12-30-11-13-1-3-16(4-2-13)20(29)25-17-9-7-15(8-10-17)19-26-18(27-28-19)14-5-6-14/h1-4,7-10,14H,5-6,11-12H2,(H,25,29)(H,26,27,28). The van der Waals surface area contributed by atoms with Crippen LogP contribution in [0.3, 0.4) is 0 Å². The summed E-state index contributed by atoms with van der Waals surface area (Å²) < 4.78 is 40.9. The van der Waals surface area contributed by atoms with Crippen molar-refractivity contribution >= 4 is 11.6 Å². The quantitative estimate of drug-likeness (QED) is 0.586. The molecular formula is C21H19F3N4O2. The first-order valence-corrected chi connectivity index (χ1v) is 9.45. The molecule has 6 nitrogen and oxygen atoms in total. The van der Waals surface area contributed by atoms with Crippen LogP contribution in [0.1, 0.15) is 40.5 Å². The number of halogens is 3. The average molecular weight is 416 g/mol. The van der Waals surface area contributed by atoms with Crippen LogP contribution in [0.5, 0.6) is 0 Å². The Hall–Kier alpha value is -3.20. The van der Waals surface area contributed by atoms with Crippen LogP contribution in [0.2, 0.25) is 0 Å². The Labute approximate surface area is 170 Å². The molecular weight excluding hydrogens is 397 g/mol. The number of H-pyrrole nitrogens is 1. The first-order valence-electron chi connectivity index (χ1n) is 9.45.